The summed E-state index contributed by atoms with van der Waals surface area (Å²) in [6.45, 7) is 5.41. The summed E-state index contributed by atoms with van der Waals surface area (Å²) in [5.41, 5.74) is 0.0116. The molecule has 0 unspecified atom stereocenters. The van der Waals surface area contributed by atoms with Gasteiger partial charge in [0.05, 0.1) is 24.3 Å². The molecule has 1 aromatic heterocycles. The van der Waals surface area contributed by atoms with Crippen LogP contribution in [-0.4, -0.2) is 46.1 Å². The topological polar surface area (TPSA) is 63.1 Å². The van der Waals surface area contributed by atoms with Gasteiger partial charge in [-0.05, 0) is 70.2 Å². The number of carbonyl (C=O) groups is 1. The van der Waals surface area contributed by atoms with Crippen LogP contribution in [0.1, 0.15) is 46.8 Å². The number of carbonyl (C=O) groups excluding carboxylic acids is 1. The molecule has 1 N–H and O–H groups in total. The lowest BCUT2D eigenvalue weighted by atomic mass is 10.00. The molecule has 0 spiro atoms. The first-order valence-electron chi connectivity index (χ1n) is 11.0. The highest BCUT2D eigenvalue weighted by atomic mass is 79.9. The molecule has 1 heterocycles. The standard InChI is InChI=1S/C25H28BrF2N5O/c1-4-5-6-7-13-29-15-22-30-31-23(16-32(2)3)33(22)21-12-11-17(26)14-18(21)25(34)24-19(27)9-8-10-20(24)28/h4,8-12,14,29H,1,5-7,13,15-16H2,2-3H3. The third kappa shape index (κ3) is 6.22. The molecule has 3 rings (SSSR count). The van der Waals surface area contributed by atoms with Crippen LogP contribution in [0.3, 0.4) is 0 Å². The number of nitrogens with one attached hydrogen (secondary N) is 1. The molecule has 34 heavy (non-hydrogen) atoms. The lowest BCUT2D eigenvalue weighted by Crippen LogP contribution is -2.21. The molecule has 9 heteroatoms. The van der Waals surface area contributed by atoms with Gasteiger partial charge in [0.15, 0.2) is 11.6 Å². The van der Waals surface area contributed by atoms with Crippen LogP contribution in [0, 0.1) is 11.6 Å². The van der Waals surface area contributed by atoms with Crippen LogP contribution in [-0.2, 0) is 13.1 Å². The zero-order valence-corrected chi connectivity index (χ0v) is 20.9. The van der Waals surface area contributed by atoms with E-state index in [1.54, 1.807) is 22.8 Å². The summed E-state index contributed by atoms with van der Waals surface area (Å²) in [6, 6.07) is 8.45. The highest BCUT2D eigenvalue weighted by molar-refractivity contribution is 9.10. The van der Waals surface area contributed by atoms with Crippen LogP contribution in [0.25, 0.3) is 5.69 Å². The van der Waals surface area contributed by atoms with Crippen molar-refractivity contribution in [2.24, 2.45) is 0 Å². The SMILES string of the molecule is C=CCCCCNCc1nnc(CN(C)C)n1-c1ccc(Br)cc1C(=O)c1c(F)cccc1F. The average molecular weight is 532 g/mol. The van der Waals surface area contributed by atoms with Gasteiger partial charge >= 0.3 is 0 Å². The monoisotopic (exact) mass is 531 g/mol. The molecule has 2 aromatic carbocycles. The fraction of sp³-hybridized carbons (Fsp3) is 0.320. The molecule has 0 aliphatic rings. The van der Waals surface area contributed by atoms with E-state index >= 15 is 0 Å². The maximum atomic E-state index is 14.5. The van der Waals surface area contributed by atoms with E-state index in [0.29, 0.717) is 34.9 Å². The Kier molecular flexibility index (Phi) is 9.20. The maximum absolute atomic E-state index is 14.5. The minimum absolute atomic E-state index is 0.144. The van der Waals surface area contributed by atoms with Crippen molar-refractivity contribution in [2.75, 3.05) is 20.6 Å². The number of halogens is 3. The van der Waals surface area contributed by atoms with Crippen molar-refractivity contribution in [3.8, 4) is 5.69 Å². The lowest BCUT2D eigenvalue weighted by molar-refractivity contribution is 0.103. The quantitative estimate of drug-likeness (QED) is 0.201. The predicted octanol–water partition coefficient (Wildman–Crippen LogP) is 5.05. The van der Waals surface area contributed by atoms with E-state index in [1.807, 2.05) is 25.1 Å². The molecule has 0 fully saturated rings. The van der Waals surface area contributed by atoms with Gasteiger partial charge in [0, 0.05) is 10.0 Å². The van der Waals surface area contributed by atoms with Crippen molar-refractivity contribution in [2.45, 2.75) is 32.4 Å². The normalized spacial score (nSPS) is 11.2. The third-order valence-electron chi connectivity index (χ3n) is 5.18. The Bertz CT molecular complexity index is 1140. The molecule has 3 aromatic rings. The van der Waals surface area contributed by atoms with Gasteiger partial charge in [0.2, 0.25) is 5.78 Å². The number of hydrogen-bond donors (Lipinski definition) is 1. The smallest absolute Gasteiger partial charge is 0.201 e. The van der Waals surface area contributed by atoms with Crippen molar-refractivity contribution in [1.82, 2.24) is 25.0 Å². The minimum Gasteiger partial charge on any atom is -0.310 e. The summed E-state index contributed by atoms with van der Waals surface area (Å²) in [7, 11) is 3.80. The Morgan fingerprint density at radius 2 is 1.85 bits per heavy atom. The molecule has 180 valence electrons. The summed E-state index contributed by atoms with van der Waals surface area (Å²) in [5, 5.41) is 12.0. The molecule has 0 aliphatic carbocycles. The zero-order valence-electron chi connectivity index (χ0n) is 19.3. The summed E-state index contributed by atoms with van der Waals surface area (Å²) >= 11 is 3.38. The minimum atomic E-state index is -0.908. The second kappa shape index (κ2) is 12.1. The van der Waals surface area contributed by atoms with Crippen molar-refractivity contribution >= 4 is 21.7 Å². The third-order valence-corrected chi connectivity index (χ3v) is 5.68. The number of ketones is 1. The second-order valence-corrected chi connectivity index (χ2v) is 9.07. The van der Waals surface area contributed by atoms with Crippen LogP contribution < -0.4 is 5.32 Å². The number of allylic oxidation sites excluding steroid dienone is 1. The van der Waals surface area contributed by atoms with Crippen molar-refractivity contribution in [3.63, 3.8) is 0 Å². The summed E-state index contributed by atoms with van der Waals surface area (Å²) in [5.74, 6) is -1.35. The van der Waals surface area contributed by atoms with Gasteiger partial charge < -0.3 is 10.2 Å². The highest BCUT2D eigenvalue weighted by Gasteiger charge is 2.25. The Balaban J connectivity index is 2.03. The average Bonchev–Trinajstić information content (AvgIpc) is 3.17. The van der Waals surface area contributed by atoms with E-state index in [2.05, 4.69) is 38.0 Å². The molecule has 0 saturated carbocycles. The molecule has 0 radical (unpaired) electrons. The molecule has 0 aliphatic heterocycles. The fourth-order valence-corrected chi connectivity index (χ4v) is 3.97. The second-order valence-electron chi connectivity index (χ2n) is 8.15. The van der Waals surface area contributed by atoms with Gasteiger partial charge in [-0.15, -0.1) is 16.8 Å². The first kappa shape index (κ1) is 25.9. The van der Waals surface area contributed by atoms with Gasteiger partial charge in [-0.2, -0.15) is 0 Å². The Labute approximate surface area is 206 Å². The zero-order chi connectivity index (χ0) is 24.7. The van der Waals surface area contributed by atoms with Gasteiger partial charge in [0.25, 0.3) is 0 Å². The molecule has 6 nitrogen and oxygen atoms in total. The van der Waals surface area contributed by atoms with Gasteiger partial charge in [-0.3, -0.25) is 9.36 Å². The van der Waals surface area contributed by atoms with Crippen molar-refractivity contribution < 1.29 is 13.6 Å². The number of hydrogen-bond acceptors (Lipinski definition) is 5. The molecule has 0 bridgehead atoms. The van der Waals surface area contributed by atoms with Crippen molar-refractivity contribution in [1.29, 1.82) is 0 Å². The molecular weight excluding hydrogens is 504 g/mol. The maximum Gasteiger partial charge on any atom is 0.201 e. The Hall–Kier alpha value is -2.75. The lowest BCUT2D eigenvalue weighted by Gasteiger charge is -2.17. The van der Waals surface area contributed by atoms with E-state index in [9.17, 15) is 13.6 Å². The molecule has 0 atom stereocenters. The fourth-order valence-electron chi connectivity index (χ4n) is 3.60. The number of unbranched alkanes of at least 4 members (excludes halogenated alkanes) is 2. The summed E-state index contributed by atoms with van der Waals surface area (Å²) in [6.07, 6.45) is 4.88. The number of benzene rings is 2. The predicted molar refractivity (Wildman–Crippen MR) is 132 cm³/mol. The van der Waals surface area contributed by atoms with Crippen LogP contribution in [0.4, 0.5) is 8.78 Å². The van der Waals surface area contributed by atoms with E-state index in [4.69, 9.17) is 0 Å². The van der Waals surface area contributed by atoms with Crippen LogP contribution >= 0.6 is 15.9 Å². The van der Waals surface area contributed by atoms with Crippen LogP contribution in [0.15, 0.2) is 53.5 Å². The van der Waals surface area contributed by atoms with Gasteiger partial charge in [-0.25, -0.2) is 8.78 Å². The van der Waals surface area contributed by atoms with Gasteiger partial charge in [-0.1, -0.05) is 28.1 Å². The molecular formula is C25H28BrF2N5O. The van der Waals surface area contributed by atoms with E-state index < -0.39 is 23.0 Å². The van der Waals surface area contributed by atoms with Crippen LogP contribution in [0.2, 0.25) is 0 Å². The highest BCUT2D eigenvalue weighted by Crippen LogP contribution is 2.27. The van der Waals surface area contributed by atoms with Gasteiger partial charge in [0.1, 0.15) is 11.6 Å². The Morgan fingerprint density at radius 3 is 2.53 bits per heavy atom. The van der Waals surface area contributed by atoms with E-state index in [1.165, 1.54) is 6.07 Å². The first-order chi connectivity index (χ1) is 16.3. The summed E-state index contributed by atoms with van der Waals surface area (Å²) < 4.78 is 31.3. The first-order valence-corrected chi connectivity index (χ1v) is 11.8. The number of rotatable bonds is 12. The summed E-state index contributed by atoms with van der Waals surface area (Å²) in [4.78, 5) is 15.3. The molecule has 0 amide bonds. The van der Waals surface area contributed by atoms with E-state index in [0.717, 1.165) is 37.9 Å². The number of nitrogens with zero attached hydrogens (tertiary/aromatic N) is 4. The van der Waals surface area contributed by atoms with Crippen molar-refractivity contribution in [3.05, 3.63) is 87.9 Å². The molecule has 0 saturated heterocycles. The largest absolute Gasteiger partial charge is 0.310 e. The number of aromatic nitrogens is 3. The van der Waals surface area contributed by atoms with E-state index in [-0.39, 0.29) is 5.56 Å². The Morgan fingerprint density at radius 1 is 1.15 bits per heavy atom. The van der Waals surface area contributed by atoms with Crippen LogP contribution in [0.5, 0.6) is 0 Å².